The largest absolute Gasteiger partial charge is 0.497 e. The molecule has 3 aromatic rings. The molecule has 4 rings (SSSR count). The molecule has 3 heterocycles. The highest BCUT2D eigenvalue weighted by molar-refractivity contribution is 7.18. The minimum Gasteiger partial charge on any atom is -0.497 e. The number of amides is 2. The number of benzene rings is 1. The van der Waals surface area contributed by atoms with E-state index in [9.17, 15) is 9.59 Å². The highest BCUT2D eigenvalue weighted by atomic mass is 32.1. The first-order valence-corrected chi connectivity index (χ1v) is 11.3. The maximum atomic E-state index is 13.6. The number of carbonyl (C=O) groups is 2. The van der Waals surface area contributed by atoms with Crippen LogP contribution in [0.15, 0.2) is 53.1 Å². The lowest BCUT2D eigenvalue weighted by Gasteiger charge is -2.25. The number of aryl methyl sites for hydroxylation is 1. The van der Waals surface area contributed by atoms with Crippen LogP contribution in [0, 0.1) is 6.92 Å². The van der Waals surface area contributed by atoms with E-state index < -0.39 is 0 Å². The normalized spacial score (nSPS) is 15.5. The number of hydrogen-bond donors (Lipinski definition) is 1. The van der Waals surface area contributed by atoms with E-state index in [1.807, 2.05) is 42.2 Å². The second-order valence-electron chi connectivity index (χ2n) is 7.73. The summed E-state index contributed by atoms with van der Waals surface area (Å²) in [6.45, 7) is 3.57. The van der Waals surface area contributed by atoms with Crippen molar-refractivity contribution in [2.75, 3.05) is 25.6 Å². The molecule has 0 bridgehead atoms. The van der Waals surface area contributed by atoms with Gasteiger partial charge >= 0.3 is 0 Å². The predicted molar refractivity (Wildman–Crippen MR) is 122 cm³/mol. The van der Waals surface area contributed by atoms with E-state index in [-0.39, 0.29) is 23.7 Å². The topological polar surface area (TPSA) is 81.0 Å². The predicted octanol–water partition coefficient (Wildman–Crippen LogP) is 4.73. The summed E-state index contributed by atoms with van der Waals surface area (Å²) in [4.78, 5) is 28.3. The summed E-state index contributed by atoms with van der Waals surface area (Å²) in [5.41, 5.74) is 1.80. The average molecular weight is 455 g/mol. The molecule has 1 saturated heterocycles. The molecule has 7 nitrogen and oxygen atoms in total. The molecule has 8 heteroatoms. The van der Waals surface area contributed by atoms with Gasteiger partial charge in [0.05, 0.1) is 29.4 Å². The molecule has 0 radical (unpaired) electrons. The Kier molecular flexibility index (Phi) is 6.92. The van der Waals surface area contributed by atoms with Crippen molar-refractivity contribution < 1.29 is 23.5 Å². The summed E-state index contributed by atoms with van der Waals surface area (Å²) in [7, 11) is 1.63. The molecule has 0 spiro atoms. The molecular formula is C24H26N2O5S. The van der Waals surface area contributed by atoms with Crippen molar-refractivity contribution in [2.24, 2.45) is 0 Å². The van der Waals surface area contributed by atoms with E-state index in [2.05, 4.69) is 5.32 Å². The van der Waals surface area contributed by atoms with Crippen LogP contribution in [0.25, 0.3) is 0 Å². The van der Waals surface area contributed by atoms with Crippen LogP contribution < -0.4 is 10.1 Å². The third kappa shape index (κ3) is 5.20. The highest BCUT2D eigenvalue weighted by Gasteiger charge is 2.26. The van der Waals surface area contributed by atoms with E-state index in [0.29, 0.717) is 23.0 Å². The van der Waals surface area contributed by atoms with Gasteiger partial charge in [0.25, 0.3) is 11.8 Å². The fourth-order valence-corrected chi connectivity index (χ4v) is 4.76. The smallest absolute Gasteiger partial charge is 0.291 e. The molecule has 2 aromatic heterocycles. The number of rotatable bonds is 8. The summed E-state index contributed by atoms with van der Waals surface area (Å²) in [6, 6.07) is 12.8. The molecule has 1 aliphatic heterocycles. The number of nitrogens with zero attached hydrogens (tertiary/aromatic N) is 1. The summed E-state index contributed by atoms with van der Waals surface area (Å²) in [5, 5.41) is 3.41. The van der Waals surface area contributed by atoms with Gasteiger partial charge in [-0.3, -0.25) is 9.59 Å². The number of nitrogens with one attached hydrogen (secondary N) is 1. The van der Waals surface area contributed by atoms with Gasteiger partial charge < -0.3 is 24.1 Å². The maximum Gasteiger partial charge on any atom is 0.291 e. The Morgan fingerprint density at radius 1 is 1.25 bits per heavy atom. The molecule has 1 unspecified atom stereocenters. The Bertz CT molecular complexity index is 1070. The molecule has 1 N–H and O–H groups in total. The fourth-order valence-electron chi connectivity index (χ4n) is 3.73. The Labute approximate surface area is 190 Å². The van der Waals surface area contributed by atoms with Gasteiger partial charge in [-0.2, -0.15) is 0 Å². The molecule has 1 atom stereocenters. The molecule has 32 heavy (non-hydrogen) atoms. The third-order valence-electron chi connectivity index (χ3n) is 5.34. The van der Waals surface area contributed by atoms with Crippen LogP contribution in [0.3, 0.4) is 0 Å². The van der Waals surface area contributed by atoms with Crippen molar-refractivity contribution in [1.29, 1.82) is 0 Å². The Balaban J connectivity index is 1.54. The van der Waals surface area contributed by atoms with Crippen LogP contribution in [0.4, 0.5) is 5.00 Å². The van der Waals surface area contributed by atoms with Crippen LogP contribution in [-0.4, -0.2) is 43.1 Å². The number of thiophene rings is 1. The molecular weight excluding hydrogens is 428 g/mol. The van der Waals surface area contributed by atoms with Crippen LogP contribution in [-0.2, 0) is 11.3 Å². The number of anilines is 1. The lowest BCUT2D eigenvalue weighted by Crippen LogP contribution is -2.36. The number of ether oxygens (including phenoxy) is 2. The molecule has 2 amide bonds. The quantitative estimate of drug-likeness (QED) is 0.532. The number of hydrogen-bond acceptors (Lipinski definition) is 6. The molecule has 0 saturated carbocycles. The standard InChI is InChI=1S/C24H26N2O5S/c1-16-12-21(25-23(27)20-9-5-11-31-20)32-22(16)24(28)26(15-19-8-4-10-30-19)14-17-6-3-7-18(13-17)29-2/h3,5-7,9,11-13,19H,4,8,10,14-15H2,1-2H3,(H,25,27). The van der Waals surface area contributed by atoms with E-state index >= 15 is 0 Å². The SMILES string of the molecule is COc1cccc(CN(CC2CCCO2)C(=O)c2sc(NC(=O)c3ccco3)cc2C)c1. The monoisotopic (exact) mass is 454 g/mol. The number of methoxy groups -OCH3 is 1. The maximum absolute atomic E-state index is 13.6. The zero-order chi connectivity index (χ0) is 22.5. The second-order valence-corrected chi connectivity index (χ2v) is 8.78. The zero-order valence-corrected chi connectivity index (χ0v) is 18.9. The van der Waals surface area contributed by atoms with Gasteiger partial charge in [-0.25, -0.2) is 0 Å². The van der Waals surface area contributed by atoms with Crippen LogP contribution in [0.1, 0.15) is 44.2 Å². The molecule has 0 aliphatic carbocycles. The Morgan fingerprint density at radius 2 is 2.12 bits per heavy atom. The van der Waals surface area contributed by atoms with Gasteiger partial charge in [-0.15, -0.1) is 11.3 Å². The van der Waals surface area contributed by atoms with Gasteiger partial charge in [0.15, 0.2) is 5.76 Å². The minimum absolute atomic E-state index is 0.0305. The lowest BCUT2D eigenvalue weighted by molar-refractivity contribution is 0.0510. The lowest BCUT2D eigenvalue weighted by atomic mass is 10.1. The zero-order valence-electron chi connectivity index (χ0n) is 18.1. The second kappa shape index (κ2) is 10.0. The van der Waals surface area contributed by atoms with E-state index in [1.165, 1.54) is 17.6 Å². The molecule has 1 aromatic carbocycles. The van der Waals surface area contributed by atoms with Gasteiger partial charge in [-0.05, 0) is 61.2 Å². The van der Waals surface area contributed by atoms with Crippen LogP contribution in [0.5, 0.6) is 5.75 Å². The van der Waals surface area contributed by atoms with Crippen molar-refractivity contribution in [1.82, 2.24) is 4.90 Å². The van der Waals surface area contributed by atoms with Crippen molar-refractivity contribution in [2.45, 2.75) is 32.4 Å². The number of carbonyl (C=O) groups excluding carboxylic acids is 2. The van der Waals surface area contributed by atoms with Gasteiger partial charge in [0.2, 0.25) is 0 Å². The van der Waals surface area contributed by atoms with Crippen LogP contribution in [0.2, 0.25) is 0 Å². The summed E-state index contributed by atoms with van der Waals surface area (Å²) >= 11 is 1.27. The van der Waals surface area contributed by atoms with Crippen molar-refractivity contribution in [3.8, 4) is 5.75 Å². The van der Waals surface area contributed by atoms with Crippen molar-refractivity contribution in [3.63, 3.8) is 0 Å². The molecule has 168 valence electrons. The minimum atomic E-state index is -0.345. The summed E-state index contributed by atoms with van der Waals surface area (Å²) in [6.07, 6.45) is 3.43. The van der Waals surface area contributed by atoms with Crippen molar-refractivity contribution >= 4 is 28.2 Å². The van der Waals surface area contributed by atoms with Crippen LogP contribution >= 0.6 is 11.3 Å². The van der Waals surface area contributed by atoms with E-state index in [0.717, 1.165) is 36.3 Å². The highest BCUT2D eigenvalue weighted by Crippen LogP contribution is 2.29. The molecule has 1 fully saturated rings. The molecule has 1 aliphatic rings. The average Bonchev–Trinajstić information content (AvgIpc) is 3.55. The Hall–Kier alpha value is -3.10. The van der Waals surface area contributed by atoms with E-state index in [1.54, 1.807) is 19.2 Å². The van der Waals surface area contributed by atoms with Gasteiger partial charge in [0.1, 0.15) is 5.75 Å². The number of furan rings is 1. The fraction of sp³-hybridized carbons (Fsp3) is 0.333. The summed E-state index contributed by atoms with van der Waals surface area (Å²) < 4.78 is 16.3. The summed E-state index contributed by atoms with van der Waals surface area (Å²) in [5.74, 6) is 0.552. The first-order chi connectivity index (χ1) is 15.5. The first kappa shape index (κ1) is 22.1. The Morgan fingerprint density at radius 3 is 2.84 bits per heavy atom. The first-order valence-electron chi connectivity index (χ1n) is 10.5. The van der Waals surface area contributed by atoms with E-state index in [4.69, 9.17) is 13.9 Å². The third-order valence-corrected chi connectivity index (χ3v) is 6.48. The van der Waals surface area contributed by atoms with Gasteiger partial charge in [0, 0.05) is 19.7 Å². The van der Waals surface area contributed by atoms with Crippen molar-refractivity contribution in [3.05, 3.63) is 70.5 Å². The van der Waals surface area contributed by atoms with Gasteiger partial charge in [-0.1, -0.05) is 12.1 Å².